The third-order valence-corrected chi connectivity index (χ3v) is 3.94. The third-order valence-electron chi connectivity index (χ3n) is 3.94. The van der Waals surface area contributed by atoms with E-state index in [0.717, 1.165) is 17.3 Å². The topological polar surface area (TPSA) is 49.4 Å². The first-order chi connectivity index (χ1) is 11.0. The van der Waals surface area contributed by atoms with Gasteiger partial charge >= 0.3 is 0 Å². The Bertz CT molecular complexity index is 743. The number of hydrogen-bond donors (Lipinski definition) is 1. The first-order valence-electron chi connectivity index (χ1n) is 7.49. The van der Waals surface area contributed by atoms with E-state index in [-0.39, 0.29) is 11.5 Å². The minimum Gasteiger partial charge on any atom is -0.340 e. The smallest absolute Gasteiger partial charge is 0.252 e. The van der Waals surface area contributed by atoms with Gasteiger partial charge in [-0.1, -0.05) is 23.8 Å². The van der Waals surface area contributed by atoms with Crippen LogP contribution in [-0.2, 0) is 4.79 Å². The fourth-order valence-electron chi connectivity index (χ4n) is 2.67. The summed E-state index contributed by atoms with van der Waals surface area (Å²) in [7, 11) is 0. The van der Waals surface area contributed by atoms with Gasteiger partial charge in [0, 0.05) is 17.8 Å². The second-order valence-corrected chi connectivity index (χ2v) is 5.65. The molecule has 1 aliphatic heterocycles. The highest BCUT2D eigenvalue weighted by Crippen LogP contribution is 2.22. The number of hydrogen-bond acceptors (Lipinski definition) is 2. The summed E-state index contributed by atoms with van der Waals surface area (Å²) in [5.41, 5.74) is 2.16. The SMILES string of the molecule is Cc1ccc(N2CC[C@H](NC(=O)c3cccc(F)c3)C2=O)cc1. The van der Waals surface area contributed by atoms with Crippen molar-refractivity contribution in [1.29, 1.82) is 0 Å². The predicted molar refractivity (Wildman–Crippen MR) is 85.8 cm³/mol. The summed E-state index contributed by atoms with van der Waals surface area (Å²) in [4.78, 5) is 26.3. The molecule has 0 radical (unpaired) electrons. The van der Waals surface area contributed by atoms with Gasteiger partial charge in [-0.2, -0.15) is 0 Å². The number of rotatable bonds is 3. The van der Waals surface area contributed by atoms with Crippen molar-refractivity contribution in [3.05, 3.63) is 65.5 Å². The van der Waals surface area contributed by atoms with Gasteiger partial charge in [0.1, 0.15) is 11.9 Å². The monoisotopic (exact) mass is 312 g/mol. The van der Waals surface area contributed by atoms with E-state index in [2.05, 4.69) is 5.32 Å². The lowest BCUT2D eigenvalue weighted by molar-refractivity contribution is -0.118. The molecule has 1 heterocycles. The summed E-state index contributed by atoms with van der Waals surface area (Å²) in [6, 6.07) is 12.5. The van der Waals surface area contributed by atoms with E-state index in [9.17, 15) is 14.0 Å². The zero-order chi connectivity index (χ0) is 16.4. The number of nitrogens with one attached hydrogen (secondary N) is 1. The molecule has 1 N–H and O–H groups in total. The number of nitrogens with zero attached hydrogens (tertiary/aromatic N) is 1. The summed E-state index contributed by atoms with van der Waals surface area (Å²) >= 11 is 0. The van der Waals surface area contributed by atoms with Gasteiger partial charge in [-0.3, -0.25) is 9.59 Å². The van der Waals surface area contributed by atoms with E-state index in [1.54, 1.807) is 4.90 Å². The second-order valence-electron chi connectivity index (χ2n) is 5.65. The van der Waals surface area contributed by atoms with E-state index in [1.165, 1.54) is 18.2 Å². The highest BCUT2D eigenvalue weighted by Gasteiger charge is 2.33. The number of carbonyl (C=O) groups excluding carboxylic acids is 2. The average Bonchev–Trinajstić information content (AvgIpc) is 2.89. The van der Waals surface area contributed by atoms with Gasteiger partial charge in [-0.05, 0) is 43.7 Å². The Kier molecular flexibility index (Phi) is 4.10. The summed E-state index contributed by atoms with van der Waals surface area (Å²) in [6.45, 7) is 2.54. The van der Waals surface area contributed by atoms with E-state index in [0.29, 0.717) is 13.0 Å². The van der Waals surface area contributed by atoms with Crippen molar-refractivity contribution in [3.63, 3.8) is 0 Å². The van der Waals surface area contributed by atoms with E-state index in [4.69, 9.17) is 0 Å². The molecule has 0 spiro atoms. The van der Waals surface area contributed by atoms with Crippen LogP contribution < -0.4 is 10.2 Å². The molecule has 4 nitrogen and oxygen atoms in total. The second kappa shape index (κ2) is 6.20. The summed E-state index contributed by atoms with van der Waals surface area (Å²) in [5, 5.41) is 2.69. The van der Waals surface area contributed by atoms with E-state index in [1.807, 2.05) is 31.2 Å². The molecule has 0 saturated carbocycles. The molecule has 1 aliphatic rings. The molecule has 3 rings (SSSR count). The maximum absolute atomic E-state index is 13.2. The molecule has 0 bridgehead atoms. The highest BCUT2D eigenvalue weighted by atomic mass is 19.1. The zero-order valence-corrected chi connectivity index (χ0v) is 12.8. The molecule has 2 aromatic carbocycles. The minimum atomic E-state index is -0.577. The maximum Gasteiger partial charge on any atom is 0.252 e. The summed E-state index contributed by atoms with van der Waals surface area (Å²) in [5.74, 6) is -1.05. The number of anilines is 1. The van der Waals surface area contributed by atoms with Crippen molar-refractivity contribution in [2.75, 3.05) is 11.4 Å². The lowest BCUT2D eigenvalue weighted by atomic mass is 10.2. The lowest BCUT2D eigenvalue weighted by Crippen LogP contribution is -2.41. The molecule has 1 atom stereocenters. The molecular formula is C18H17FN2O2. The molecule has 118 valence electrons. The Morgan fingerprint density at radius 1 is 1.22 bits per heavy atom. The van der Waals surface area contributed by atoms with Gasteiger partial charge in [0.15, 0.2) is 0 Å². The van der Waals surface area contributed by atoms with Crippen LogP contribution in [-0.4, -0.2) is 24.4 Å². The Hall–Kier alpha value is -2.69. The first kappa shape index (κ1) is 15.2. The van der Waals surface area contributed by atoms with Crippen LogP contribution in [0.1, 0.15) is 22.3 Å². The van der Waals surface area contributed by atoms with E-state index < -0.39 is 17.8 Å². The van der Waals surface area contributed by atoms with Crippen molar-refractivity contribution in [3.8, 4) is 0 Å². The minimum absolute atomic E-state index is 0.140. The Morgan fingerprint density at radius 2 is 1.96 bits per heavy atom. The normalized spacial score (nSPS) is 17.4. The number of carbonyl (C=O) groups is 2. The fraction of sp³-hybridized carbons (Fsp3) is 0.222. The summed E-state index contributed by atoms with van der Waals surface area (Å²) in [6.07, 6.45) is 0.535. The van der Waals surface area contributed by atoms with Crippen LogP contribution in [0.15, 0.2) is 48.5 Å². The van der Waals surface area contributed by atoms with Gasteiger partial charge in [0.25, 0.3) is 5.91 Å². The molecule has 0 unspecified atom stereocenters. The molecule has 1 saturated heterocycles. The Labute approximate surface area is 133 Å². The van der Waals surface area contributed by atoms with Crippen LogP contribution in [0.5, 0.6) is 0 Å². The van der Waals surface area contributed by atoms with Gasteiger partial charge in [0.05, 0.1) is 0 Å². The molecule has 2 aromatic rings. The molecular weight excluding hydrogens is 295 g/mol. The van der Waals surface area contributed by atoms with Gasteiger partial charge < -0.3 is 10.2 Å². The first-order valence-corrected chi connectivity index (χ1v) is 7.49. The number of benzene rings is 2. The summed E-state index contributed by atoms with van der Waals surface area (Å²) < 4.78 is 13.2. The number of halogens is 1. The molecule has 5 heteroatoms. The van der Waals surface area contributed by atoms with Crippen LogP contribution in [0.2, 0.25) is 0 Å². The molecule has 1 fully saturated rings. The van der Waals surface area contributed by atoms with Crippen molar-refractivity contribution >= 4 is 17.5 Å². The average molecular weight is 312 g/mol. The van der Waals surface area contributed by atoms with Gasteiger partial charge in [-0.25, -0.2) is 4.39 Å². The van der Waals surface area contributed by atoms with Crippen LogP contribution in [0, 0.1) is 12.7 Å². The largest absolute Gasteiger partial charge is 0.340 e. The molecule has 0 aromatic heterocycles. The standard InChI is InChI=1S/C18H17FN2O2/c1-12-5-7-15(8-6-12)21-10-9-16(18(21)23)20-17(22)13-3-2-4-14(19)11-13/h2-8,11,16H,9-10H2,1H3,(H,20,22)/t16-/m0/s1. The fourth-order valence-corrected chi connectivity index (χ4v) is 2.67. The van der Waals surface area contributed by atoms with Crippen LogP contribution in [0.25, 0.3) is 0 Å². The van der Waals surface area contributed by atoms with Crippen LogP contribution in [0.3, 0.4) is 0 Å². The van der Waals surface area contributed by atoms with Crippen molar-refractivity contribution in [2.24, 2.45) is 0 Å². The quantitative estimate of drug-likeness (QED) is 0.947. The molecule has 2 amide bonds. The zero-order valence-electron chi connectivity index (χ0n) is 12.8. The van der Waals surface area contributed by atoms with Crippen molar-refractivity contribution in [2.45, 2.75) is 19.4 Å². The highest BCUT2D eigenvalue weighted by molar-refractivity contribution is 6.03. The Balaban J connectivity index is 1.69. The van der Waals surface area contributed by atoms with Gasteiger partial charge in [-0.15, -0.1) is 0 Å². The number of amides is 2. The number of aryl methyl sites for hydroxylation is 1. The van der Waals surface area contributed by atoms with Crippen LogP contribution in [0.4, 0.5) is 10.1 Å². The van der Waals surface area contributed by atoms with Crippen LogP contribution >= 0.6 is 0 Å². The molecule has 23 heavy (non-hydrogen) atoms. The third kappa shape index (κ3) is 3.23. The lowest BCUT2D eigenvalue weighted by Gasteiger charge is -2.17. The van der Waals surface area contributed by atoms with Crippen molar-refractivity contribution in [1.82, 2.24) is 5.32 Å². The van der Waals surface area contributed by atoms with E-state index >= 15 is 0 Å². The molecule has 0 aliphatic carbocycles. The maximum atomic E-state index is 13.2. The predicted octanol–water partition coefficient (Wildman–Crippen LogP) is 2.67. The Morgan fingerprint density at radius 3 is 2.65 bits per heavy atom. The van der Waals surface area contributed by atoms with Crippen molar-refractivity contribution < 1.29 is 14.0 Å². The van der Waals surface area contributed by atoms with Gasteiger partial charge in [0.2, 0.25) is 5.91 Å².